The Morgan fingerprint density at radius 2 is 1.72 bits per heavy atom. The third-order valence-electron chi connectivity index (χ3n) is 4.51. The first-order valence-corrected chi connectivity index (χ1v) is 7.37. The lowest BCUT2D eigenvalue weighted by Crippen LogP contribution is -2.28. The van der Waals surface area contributed by atoms with Gasteiger partial charge in [-0.2, -0.15) is 0 Å². The summed E-state index contributed by atoms with van der Waals surface area (Å²) in [7, 11) is 0. The summed E-state index contributed by atoms with van der Waals surface area (Å²) in [6.07, 6.45) is 8.49. The van der Waals surface area contributed by atoms with Crippen molar-refractivity contribution >= 4 is 0 Å². The SMILES string of the molecule is Oc1cc2c(cc1CC1CCNCC1)CCCC2. The average Bonchev–Trinajstić information content (AvgIpc) is 2.41. The van der Waals surface area contributed by atoms with Crippen LogP contribution in [0.1, 0.15) is 42.4 Å². The van der Waals surface area contributed by atoms with Crippen molar-refractivity contribution in [1.82, 2.24) is 5.32 Å². The minimum atomic E-state index is 0.536. The molecule has 1 heterocycles. The number of piperidine rings is 1. The zero-order valence-electron chi connectivity index (χ0n) is 11.0. The number of benzene rings is 1. The van der Waals surface area contributed by atoms with Crippen molar-refractivity contribution in [1.29, 1.82) is 0 Å². The molecule has 0 atom stereocenters. The van der Waals surface area contributed by atoms with Gasteiger partial charge in [-0.05, 0) is 86.7 Å². The molecule has 0 bridgehead atoms. The first kappa shape index (κ1) is 12.0. The van der Waals surface area contributed by atoms with Gasteiger partial charge in [0.05, 0.1) is 0 Å². The van der Waals surface area contributed by atoms with Gasteiger partial charge in [0.2, 0.25) is 0 Å². The molecule has 2 aliphatic rings. The maximum Gasteiger partial charge on any atom is 0.119 e. The van der Waals surface area contributed by atoms with E-state index in [1.165, 1.54) is 48.8 Å². The highest BCUT2D eigenvalue weighted by molar-refractivity contribution is 5.43. The van der Waals surface area contributed by atoms with E-state index in [2.05, 4.69) is 11.4 Å². The molecule has 1 fully saturated rings. The first-order chi connectivity index (χ1) is 8.83. The van der Waals surface area contributed by atoms with Crippen molar-refractivity contribution in [2.75, 3.05) is 13.1 Å². The molecule has 18 heavy (non-hydrogen) atoms. The minimum Gasteiger partial charge on any atom is -0.508 e. The van der Waals surface area contributed by atoms with Crippen molar-refractivity contribution in [3.05, 3.63) is 28.8 Å². The van der Waals surface area contributed by atoms with E-state index in [0.717, 1.165) is 31.8 Å². The molecular weight excluding hydrogens is 222 g/mol. The molecule has 0 spiro atoms. The second-order valence-electron chi connectivity index (χ2n) is 5.85. The molecule has 1 aromatic rings. The van der Waals surface area contributed by atoms with Crippen LogP contribution in [-0.4, -0.2) is 18.2 Å². The Labute approximate surface area is 109 Å². The maximum absolute atomic E-state index is 10.2. The van der Waals surface area contributed by atoms with Gasteiger partial charge in [0.15, 0.2) is 0 Å². The van der Waals surface area contributed by atoms with E-state index in [9.17, 15) is 5.11 Å². The van der Waals surface area contributed by atoms with Crippen LogP contribution < -0.4 is 5.32 Å². The van der Waals surface area contributed by atoms with Gasteiger partial charge in [0.25, 0.3) is 0 Å². The standard InChI is InChI=1S/C16H23NO/c18-16-11-14-4-2-1-3-13(14)10-15(16)9-12-5-7-17-8-6-12/h10-12,17-18H,1-9H2. The summed E-state index contributed by atoms with van der Waals surface area (Å²) in [5, 5.41) is 13.6. The van der Waals surface area contributed by atoms with Crippen LogP contribution >= 0.6 is 0 Å². The van der Waals surface area contributed by atoms with Gasteiger partial charge in [-0.15, -0.1) is 0 Å². The fourth-order valence-corrected chi connectivity index (χ4v) is 3.38. The summed E-state index contributed by atoms with van der Waals surface area (Å²) in [5.41, 5.74) is 4.05. The van der Waals surface area contributed by atoms with E-state index in [-0.39, 0.29) is 0 Å². The zero-order chi connectivity index (χ0) is 12.4. The van der Waals surface area contributed by atoms with Gasteiger partial charge in [0.1, 0.15) is 5.75 Å². The molecule has 0 radical (unpaired) electrons. The molecule has 3 rings (SSSR count). The summed E-state index contributed by atoms with van der Waals surface area (Å²) in [5.74, 6) is 1.29. The summed E-state index contributed by atoms with van der Waals surface area (Å²) in [6, 6.07) is 4.32. The van der Waals surface area contributed by atoms with Crippen LogP contribution in [0.4, 0.5) is 0 Å². The fourth-order valence-electron chi connectivity index (χ4n) is 3.38. The molecule has 1 aliphatic heterocycles. The number of hydrogen-bond donors (Lipinski definition) is 2. The van der Waals surface area contributed by atoms with Crippen LogP contribution in [0.15, 0.2) is 12.1 Å². The van der Waals surface area contributed by atoms with E-state index >= 15 is 0 Å². The Kier molecular flexibility index (Phi) is 3.55. The molecule has 2 nitrogen and oxygen atoms in total. The predicted octanol–water partition coefficient (Wildman–Crippen LogP) is 2.81. The lowest BCUT2D eigenvalue weighted by Gasteiger charge is -2.24. The molecule has 2 N–H and O–H groups in total. The van der Waals surface area contributed by atoms with Gasteiger partial charge in [-0.25, -0.2) is 0 Å². The van der Waals surface area contributed by atoms with Crippen LogP contribution in [-0.2, 0) is 19.3 Å². The quantitative estimate of drug-likeness (QED) is 0.839. The fraction of sp³-hybridized carbons (Fsp3) is 0.625. The molecule has 0 unspecified atom stereocenters. The monoisotopic (exact) mass is 245 g/mol. The number of phenolic OH excluding ortho intramolecular Hbond substituents is 1. The number of aromatic hydroxyl groups is 1. The van der Waals surface area contributed by atoms with Crippen LogP contribution in [0.3, 0.4) is 0 Å². The van der Waals surface area contributed by atoms with Crippen LogP contribution in [0.25, 0.3) is 0 Å². The Bertz CT molecular complexity index is 421. The largest absolute Gasteiger partial charge is 0.508 e. The smallest absolute Gasteiger partial charge is 0.119 e. The molecule has 2 heteroatoms. The predicted molar refractivity (Wildman–Crippen MR) is 74.0 cm³/mol. The molecule has 0 amide bonds. The second-order valence-corrected chi connectivity index (χ2v) is 5.85. The molecule has 1 aromatic carbocycles. The summed E-state index contributed by atoms with van der Waals surface area (Å²) >= 11 is 0. The molecular formula is C16H23NO. The lowest BCUT2D eigenvalue weighted by atomic mass is 9.86. The third-order valence-corrected chi connectivity index (χ3v) is 4.51. The van der Waals surface area contributed by atoms with E-state index in [1.54, 1.807) is 0 Å². The Hall–Kier alpha value is -1.02. The molecule has 1 saturated heterocycles. The van der Waals surface area contributed by atoms with Crippen LogP contribution in [0, 0.1) is 5.92 Å². The van der Waals surface area contributed by atoms with Gasteiger partial charge in [-0.3, -0.25) is 0 Å². The highest BCUT2D eigenvalue weighted by Gasteiger charge is 2.18. The van der Waals surface area contributed by atoms with Crippen molar-refractivity contribution in [3.8, 4) is 5.75 Å². The molecule has 98 valence electrons. The van der Waals surface area contributed by atoms with E-state index < -0.39 is 0 Å². The van der Waals surface area contributed by atoms with Gasteiger partial charge < -0.3 is 10.4 Å². The Morgan fingerprint density at radius 3 is 2.44 bits per heavy atom. The lowest BCUT2D eigenvalue weighted by molar-refractivity contribution is 0.366. The topological polar surface area (TPSA) is 32.3 Å². The zero-order valence-corrected chi connectivity index (χ0v) is 11.0. The number of phenols is 1. The maximum atomic E-state index is 10.2. The highest BCUT2D eigenvalue weighted by Crippen LogP contribution is 2.31. The second kappa shape index (κ2) is 5.31. The number of aryl methyl sites for hydroxylation is 2. The molecule has 0 saturated carbocycles. The van der Waals surface area contributed by atoms with Crippen molar-refractivity contribution in [2.24, 2.45) is 5.92 Å². The van der Waals surface area contributed by atoms with Crippen LogP contribution in [0.5, 0.6) is 5.75 Å². The van der Waals surface area contributed by atoms with Crippen molar-refractivity contribution in [3.63, 3.8) is 0 Å². The number of hydrogen-bond acceptors (Lipinski definition) is 2. The summed E-state index contributed by atoms with van der Waals surface area (Å²) < 4.78 is 0. The van der Waals surface area contributed by atoms with Gasteiger partial charge in [0, 0.05) is 0 Å². The van der Waals surface area contributed by atoms with Gasteiger partial charge in [-0.1, -0.05) is 6.07 Å². The Balaban J connectivity index is 1.78. The normalized spacial score (nSPS) is 20.7. The average molecular weight is 245 g/mol. The number of nitrogens with one attached hydrogen (secondary N) is 1. The number of fused-ring (bicyclic) bond motifs is 1. The first-order valence-electron chi connectivity index (χ1n) is 7.37. The van der Waals surface area contributed by atoms with E-state index in [0.29, 0.717) is 5.75 Å². The number of rotatable bonds is 2. The highest BCUT2D eigenvalue weighted by atomic mass is 16.3. The van der Waals surface area contributed by atoms with E-state index in [4.69, 9.17) is 0 Å². The van der Waals surface area contributed by atoms with Gasteiger partial charge >= 0.3 is 0 Å². The molecule has 0 aromatic heterocycles. The van der Waals surface area contributed by atoms with Crippen molar-refractivity contribution in [2.45, 2.75) is 44.9 Å². The summed E-state index contributed by atoms with van der Waals surface area (Å²) in [6.45, 7) is 2.27. The minimum absolute atomic E-state index is 0.536. The van der Waals surface area contributed by atoms with E-state index in [1.807, 2.05) is 6.07 Å². The third kappa shape index (κ3) is 2.54. The van der Waals surface area contributed by atoms with Crippen molar-refractivity contribution < 1.29 is 5.11 Å². The Morgan fingerprint density at radius 1 is 1.06 bits per heavy atom. The molecule has 1 aliphatic carbocycles. The summed E-state index contributed by atoms with van der Waals surface area (Å²) in [4.78, 5) is 0. The van der Waals surface area contributed by atoms with Crippen LogP contribution in [0.2, 0.25) is 0 Å².